The number of aliphatic carboxylic acids is 1. The summed E-state index contributed by atoms with van der Waals surface area (Å²) in [6, 6.07) is -0.634. The van der Waals surface area contributed by atoms with Gasteiger partial charge in [-0.3, -0.25) is 4.79 Å². The quantitative estimate of drug-likeness (QED) is 0.435. The Morgan fingerprint density at radius 1 is 1.63 bits per heavy atom. The van der Waals surface area contributed by atoms with E-state index in [-0.39, 0.29) is 5.54 Å². The third kappa shape index (κ3) is 4.23. The van der Waals surface area contributed by atoms with Gasteiger partial charge in [0, 0.05) is 13.0 Å². The molecule has 19 heavy (non-hydrogen) atoms. The first-order valence-electron chi connectivity index (χ1n) is 6.33. The van der Waals surface area contributed by atoms with Gasteiger partial charge in [0.15, 0.2) is 0 Å². The largest absolute Gasteiger partial charge is 0.569 e. The van der Waals surface area contributed by atoms with E-state index in [0.29, 0.717) is 24.5 Å². The molecule has 0 aromatic carbocycles. The molecule has 2 atom stereocenters. The van der Waals surface area contributed by atoms with E-state index in [1.54, 1.807) is 0 Å². The molecule has 0 aromatic heterocycles. The highest BCUT2D eigenvalue weighted by atomic mass is 16.7. The standard InChI is InChI=1S/C11H22N4O4/c1-5-14(11(2,3)4)15(18)13-19-8-6-9(10(16)17)12-7-8/h8-9,12H,5-7H2,1-4H3,(H,16,17)/b15-13-/t8-,9+/m1/s1. The van der Waals surface area contributed by atoms with Crippen molar-refractivity contribution in [2.24, 2.45) is 5.28 Å². The number of hydrogen-bond donors (Lipinski definition) is 2. The second-order valence-electron chi connectivity index (χ2n) is 5.48. The molecule has 0 spiro atoms. The summed E-state index contributed by atoms with van der Waals surface area (Å²) in [5, 5.41) is 28.4. The van der Waals surface area contributed by atoms with Crippen LogP contribution in [-0.4, -0.2) is 51.8 Å². The van der Waals surface area contributed by atoms with Gasteiger partial charge < -0.3 is 20.5 Å². The molecule has 0 radical (unpaired) electrons. The Balaban J connectivity index is 2.55. The second kappa shape index (κ2) is 6.05. The van der Waals surface area contributed by atoms with E-state index < -0.39 is 18.1 Å². The summed E-state index contributed by atoms with van der Waals surface area (Å²) in [6.07, 6.45) is -0.0925. The van der Waals surface area contributed by atoms with E-state index in [1.807, 2.05) is 27.7 Å². The summed E-state index contributed by atoms with van der Waals surface area (Å²) in [6.45, 7) is 8.41. The fourth-order valence-corrected chi connectivity index (χ4v) is 1.97. The SMILES string of the molecule is CCN(/[N+]([O-])=N/O[C@H]1CN[C@H](C(=O)O)C1)C(C)(C)C. The number of rotatable bonds is 5. The number of carbonyl (C=O) groups is 1. The van der Waals surface area contributed by atoms with E-state index in [1.165, 1.54) is 5.01 Å². The van der Waals surface area contributed by atoms with Crippen LogP contribution in [0.1, 0.15) is 34.1 Å². The maximum atomic E-state index is 11.8. The van der Waals surface area contributed by atoms with Crippen LogP contribution < -0.4 is 5.32 Å². The van der Waals surface area contributed by atoms with Crippen LogP contribution >= 0.6 is 0 Å². The van der Waals surface area contributed by atoms with Gasteiger partial charge in [0.2, 0.25) is 5.28 Å². The van der Waals surface area contributed by atoms with E-state index in [0.717, 1.165) is 0 Å². The number of carboxylic acids is 1. The summed E-state index contributed by atoms with van der Waals surface area (Å²) >= 11 is 0. The first-order valence-corrected chi connectivity index (χ1v) is 6.33. The lowest BCUT2D eigenvalue weighted by Crippen LogP contribution is -2.45. The van der Waals surface area contributed by atoms with E-state index in [2.05, 4.69) is 10.6 Å². The summed E-state index contributed by atoms with van der Waals surface area (Å²) in [5.74, 6) is -0.921. The molecule has 1 aliphatic heterocycles. The molecule has 1 rings (SSSR count). The van der Waals surface area contributed by atoms with Crippen LogP contribution in [0.2, 0.25) is 0 Å². The number of hydrazine groups is 1. The molecule has 1 fully saturated rings. The molecule has 110 valence electrons. The third-order valence-electron chi connectivity index (χ3n) is 2.94. The molecular weight excluding hydrogens is 252 g/mol. The van der Waals surface area contributed by atoms with E-state index >= 15 is 0 Å². The van der Waals surface area contributed by atoms with Gasteiger partial charge in [0.25, 0.3) is 0 Å². The molecule has 0 aliphatic carbocycles. The smallest absolute Gasteiger partial charge is 0.320 e. The molecule has 8 nitrogen and oxygen atoms in total. The Morgan fingerprint density at radius 2 is 2.26 bits per heavy atom. The Morgan fingerprint density at radius 3 is 2.68 bits per heavy atom. The average Bonchev–Trinajstić information content (AvgIpc) is 2.74. The molecule has 1 aliphatic rings. The first-order chi connectivity index (χ1) is 8.75. The first kappa shape index (κ1) is 15.5. The number of carboxylic acid groups (broad SMARTS) is 1. The topological polar surface area (TPSA) is 100 Å². The van der Waals surface area contributed by atoms with Crippen molar-refractivity contribution >= 4 is 5.97 Å². The van der Waals surface area contributed by atoms with Gasteiger partial charge in [-0.25, -0.2) is 0 Å². The molecule has 1 heterocycles. The predicted octanol–water partition coefficient (Wildman–Crippen LogP) is 0.731. The summed E-state index contributed by atoms with van der Waals surface area (Å²) in [4.78, 5) is 16.3. The molecule has 2 N–H and O–H groups in total. The van der Waals surface area contributed by atoms with Crippen molar-refractivity contribution in [2.45, 2.75) is 51.8 Å². The van der Waals surface area contributed by atoms with Gasteiger partial charge in [-0.1, -0.05) is 0 Å². The van der Waals surface area contributed by atoms with Crippen LogP contribution in [0.4, 0.5) is 0 Å². The predicted molar refractivity (Wildman–Crippen MR) is 67.1 cm³/mol. The molecule has 8 heteroatoms. The maximum absolute atomic E-state index is 11.8. The van der Waals surface area contributed by atoms with Crippen LogP contribution in [0.3, 0.4) is 0 Å². The normalized spacial score (nSPS) is 24.3. The van der Waals surface area contributed by atoms with Crippen molar-refractivity contribution in [3.05, 3.63) is 5.21 Å². The zero-order valence-corrected chi connectivity index (χ0v) is 11.8. The fourth-order valence-electron chi connectivity index (χ4n) is 1.97. The third-order valence-corrected chi connectivity index (χ3v) is 2.94. The maximum Gasteiger partial charge on any atom is 0.320 e. The lowest BCUT2D eigenvalue weighted by molar-refractivity contribution is -0.725. The lowest BCUT2D eigenvalue weighted by Gasteiger charge is -2.29. The highest BCUT2D eigenvalue weighted by Crippen LogP contribution is 2.14. The van der Waals surface area contributed by atoms with E-state index in [4.69, 9.17) is 9.94 Å². The molecule has 0 amide bonds. The van der Waals surface area contributed by atoms with Crippen molar-refractivity contribution in [2.75, 3.05) is 13.1 Å². The number of nitrogens with one attached hydrogen (secondary N) is 1. The van der Waals surface area contributed by atoms with Gasteiger partial charge in [0.05, 0.1) is 17.1 Å². The Kier molecular flexibility index (Phi) is 4.93. The molecule has 0 saturated carbocycles. The van der Waals surface area contributed by atoms with Gasteiger partial charge in [-0.05, 0) is 27.7 Å². The van der Waals surface area contributed by atoms with Crippen molar-refractivity contribution in [3.63, 3.8) is 0 Å². The minimum Gasteiger partial charge on any atom is -0.569 e. The van der Waals surface area contributed by atoms with Crippen LogP contribution in [-0.2, 0) is 9.63 Å². The van der Waals surface area contributed by atoms with Gasteiger partial charge in [-0.2, -0.15) is 0 Å². The van der Waals surface area contributed by atoms with Crippen molar-refractivity contribution in [1.29, 1.82) is 0 Å². The van der Waals surface area contributed by atoms with Crippen LogP contribution in [0.5, 0.6) is 0 Å². The van der Waals surface area contributed by atoms with Crippen LogP contribution in [0.15, 0.2) is 5.28 Å². The van der Waals surface area contributed by atoms with Crippen molar-refractivity contribution < 1.29 is 19.7 Å². The summed E-state index contributed by atoms with van der Waals surface area (Å²) in [5.41, 5.74) is -0.360. The van der Waals surface area contributed by atoms with E-state index in [9.17, 15) is 10.0 Å². The molecule has 0 bridgehead atoms. The summed E-state index contributed by atoms with van der Waals surface area (Å²) < 4.78 is 0. The average molecular weight is 274 g/mol. The molecule has 0 unspecified atom stereocenters. The lowest BCUT2D eigenvalue weighted by atomic mass is 10.1. The minimum absolute atomic E-state index is 0.300. The Bertz CT molecular complexity index is 353. The molecule has 0 aromatic rings. The molecule has 1 saturated heterocycles. The van der Waals surface area contributed by atoms with Crippen LogP contribution in [0, 0.1) is 5.21 Å². The van der Waals surface area contributed by atoms with Gasteiger partial charge in [-0.15, -0.1) is 5.01 Å². The highest BCUT2D eigenvalue weighted by molar-refractivity contribution is 5.73. The van der Waals surface area contributed by atoms with Gasteiger partial charge in [0.1, 0.15) is 12.1 Å². The van der Waals surface area contributed by atoms with Crippen molar-refractivity contribution in [3.8, 4) is 0 Å². The highest BCUT2D eigenvalue weighted by Gasteiger charge is 2.32. The fraction of sp³-hybridized carbons (Fsp3) is 0.909. The Hall–Kier alpha value is -1.57. The second-order valence-corrected chi connectivity index (χ2v) is 5.48. The zero-order valence-electron chi connectivity index (χ0n) is 11.8. The minimum atomic E-state index is -0.921. The monoisotopic (exact) mass is 274 g/mol. The summed E-state index contributed by atoms with van der Waals surface area (Å²) in [7, 11) is 0. The zero-order chi connectivity index (χ0) is 14.6. The van der Waals surface area contributed by atoms with Gasteiger partial charge >= 0.3 is 5.97 Å². The van der Waals surface area contributed by atoms with Crippen molar-refractivity contribution in [1.82, 2.24) is 10.3 Å². The Labute approximate surface area is 112 Å². The molecular formula is C11H22N4O4. The van der Waals surface area contributed by atoms with Crippen LogP contribution in [0.25, 0.3) is 0 Å². The number of hydrogen-bond acceptors (Lipinski definition) is 5. The number of nitrogens with zero attached hydrogens (tertiary/aromatic N) is 3.